The number of benzene rings is 1. The van der Waals surface area contributed by atoms with Crippen molar-refractivity contribution < 1.29 is 13.6 Å². The molecule has 0 N–H and O–H groups in total. The largest absolute Gasteiger partial charge is 0.335 e. The number of carbonyl (C=O) groups is 1. The predicted octanol–water partition coefficient (Wildman–Crippen LogP) is 2.67. The molecule has 0 heterocycles. The summed E-state index contributed by atoms with van der Waals surface area (Å²) in [6.07, 6.45) is 1.18. The summed E-state index contributed by atoms with van der Waals surface area (Å²) in [5, 5.41) is 0. The van der Waals surface area contributed by atoms with Gasteiger partial charge in [0.2, 0.25) is 5.91 Å². The summed E-state index contributed by atoms with van der Waals surface area (Å²) in [5.41, 5.74) is 0.539. The van der Waals surface area contributed by atoms with Crippen molar-refractivity contribution in [1.29, 1.82) is 0 Å². The first-order valence-electron chi connectivity index (χ1n) is 4.81. The fourth-order valence-electron chi connectivity index (χ4n) is 1.33. The molecule has 0 bridgehead atoms. The minimum atomic E-state index is -0.913. The number of rotatable bonds is 3. The van der Waals surface area contributed by atoms with Crippen LogP contribution in [0.2, 0.25) is 0 Å². The van der Waals surface area contributed by atoms with E-state index in [2.05, 4.69) is 6.58 Å². The van der Waals surface area contributed by atoms with Crippen molar-refractivity contribution >= 4 is 5.91 Å². The molecule has 1 atom stereocenters. The van der Waals surface area contributed by atoms with Crippen LogP contribution in [0.4, 0.5) is 8.78 Å². The molecule has 1 aromatic rings. The highest BCUT2D eigenvalue weighted by Gasteiger charge is 2.16. The van der Waals surface area contributed by atoms with Crippen LogP contribution >= 0.6 is 0 Å². The lowest BCUT2D eigenvalue weighted by Gasteiger charge is -2.24. The molecule has 2 nitrogen and oxygen atoms in total. The molecule has 4 heteroatoms. The lowest BCUT2D eigenvalue weighted by molar-refractivity contribution is -0.126. The van der Waals surface area contributed by atoms with Gasteiger partial charge in [0, 0.05) is 7.05 Å². The molecule has 0 aliphatic rings. The third-order valence-corrected chi connectivity index (χ3v) is 2.53. The highest BCUT2D eigenvalue weighted by Crippen LogP contribution is 2.20. The highest BCUT2D eigenvalue weighted by molar-refractivity contribution is 5.87. The Labute approximate surface area is 93.2 Å². The van der Waals surface area contributed by atoms with Gasteiger partial charge >= 0.3 is 0 Å². The zero-order chi connectivity index (χ0) is 12.3. The van der Waals surface area contributed by atoms with Gasteiger partial charge in [-0.3, -0.25) is 4.79 Å². The molecule has 0 saturated carbocycles. The van der Waals surface area contributed by atoms with Crippen molar-refractivity contribution in [2.45, 2.75) is 13.0 Å². The van der Waals surface area contributed by atoms with Crippen molar-refractivity contribution in [2.75, 3.05) is 7.05 Å². The molecule has 1 rings (SSSR count). The zero-order valence-electron chi connectivity index (χ0n) is 9.21. The Kier molecular flexibility index (Phi) is 3.77. The van der Waals surface area contributed by atoms with E-state index < -0.39 is 11.6 Å². The van der Waals surface area contributed by atoms with E-state index in [1.54, 1.807) is 14.0 Å². The summed E-state index contributed by atoms with van der Waals surface area (Å²) < 4.78 is 25.7. The first-order chi connectivity index (χ1) is 7.47. The molecular formula is C12H13F2NO. The van der Waals surface area contributed by atoms with Crippen LogP contribution in [0.3, 0.4) is 0 Å². The quantitative estimate of drug-likeness (QED) is 0.724. The molecule has 1 unspecified atom stereocenters. The molecule has 0 radical (unpaired) electrons. The fourth-order valence-corrected chi connectivity index (χ4v) is 1.33. The van der Waals surface area contributed by atoms with Crippen molar-refractivity contribution in [1.82, 2.24) is 4.90 Å². The molecule has 86 valence electrons. The Morgan fingerprint density at radius 2 is 2.06 bits per heavy atom. The topological polar surface area (TPSA) is 20.3 Å². The molecule has 0 aliphatic carbocycles. The van der Waals surface area contributed by atoms with Gasteiger partial charge in [0.25, 0.3) is 0 Å². The van der Waals surface area contributed by atoms with E-state index in [0.717, 1.165) is 12.1 Å². The van der Waals surface area contributed by atoms with Crippen molar-refractivity contribution in [3.05, 3.63) is 48.1 Å². The van der Waals surface area contributed by atoms with E-state index in [4.69, 9.17) is 0 Å². The van der Waals surface area contributed by atoms with Crippen LogP contribution in [-0.4, -0.2) is 17.9 Å². The van der Waals surface area contributed by atoms with E-state index in [-0.39, 0.29) is 11.9 Å². The van der Waals surface area contributed by atoms with Crippen LogP contribution in [0.25, 0.3) is 0 Å². The number of hydrogen-bond acceptors (Lipinski definition) is 1. The number of nitrogens with zero attached hydrogens (tertiary/aromatic N) is 1. The zero-order valence-corrected chi connectivity index (χ0v) is 9.21. The molecule has 1 aromatic carbocycles. The molecule has 0 aliphatic heterocycles. The Hall–Kier alpha value is -1.71. The Bertz CT molecular complexity index is 417. The van der Waals surface area contributed by atoms with Gasteiger partial charge in [-0.1, -0.05) is 12.6 Å². The summed E-state index contributed by atoms with van der Waals surface area (Å²) in [6.45, 7) is 5.09. The third kappa shape index (κ3) is 2.45. The Morgan fingerprint density at radius 1 is 1.44 bits per heavy atom. The summed E-state index contributed by atoms with van der Waals surface area (Å²) in [5.74, 6) is -2.07. The second-order valence-electron chi connectivity index (χ2n) is 3.50. The van der Waals surface area contributed by atoms with Crippen LogP contribution in [-0.2, 0) is 4.79 Å². The van der Waals surface area contributed by atoms with Gasteiger partial charge in [-0.2, -0.15) is 0 Å². The van der Waals surface area contributed by atoms with Gasteiger partial charge in [-0.05, 0) is 30.7 Å². The normalized spacial score (nSPS) is 12.0. The summed E-state index contributed by atoms with van der Waals surface area (Å²) in [7, 11) is 1.58. The molecular weight excluding hydrogens is 212 g/mol. The van der Waals surface area contributed by atoms with Gasteiger partial charge in [-0.25, -0.2) is 8.78 Å². The van der Waals surface area contributed by atoms with Crippen LogP contribution in [0.5, 0.6) is 0 Å². The Balaban J connectivity index is 2.96. The summed E-state index contributed by atoms with van der Waals surface area (Å²) >= 11 is 0. The van der Waals surface area contributed by atoms with Gasteiger partial charge < -0.3 is 4.90 Å². The number of amides is 1. The Morgan fingerprint density at radius 3 is 2.56 bits per heavy atom. The van der Waals surface area contributed by atoms with Gasteiger partial charge in [0.1, 0.15) is 0 Å². The van der Waals surface area contributed by atoms with Crippen molar-refractivity contribution in [3.63, 3.8) is 0 Å². The van der Waals surface area contributed by atoms with Crippen LogP contribution in [0, 0.1) is 11.6 Å². The fraction of sp³-hybridized carbons (Fsp3) is 0.250. The minimum absolute atomic E-state index is 0.266. The SMILES string of the molecule is C=CC(=O)N(C)C(C)c1ccc(F)c(F)c1. The van der Waals surface area contributed by atoms with Gasteiger partial charge in [0.05, 0.1) is 6.04 Å². The highest BCUT2D eigenvalue weighted by atomic mass is 19.2. The second-order valence-corrected chi connectivity index (χ2v) is 3.50. The lowest BCUT2D eigenvalue weighted by Crippen LogP contribution is -2.27. The van der Waals surface area contributed by atoms with E-state index in [1.807, 2.05) is 0 Å². The van der Waals surface area contributed by atoms with Crippen LogP contribution < -0.4 is 0 Å². The first kappa shape index (κ1) is 12.4. The lowest BCUT2D eigenvalue weighted by atomic mass is 10.1. The smallest absolute Gasteiger partial charge is 0.246 e. The molecule has 0 aromatic heterocycles. The molecule has 0 fully saturated rings. The molecule has 16 heavy (non-hydrogen) atoms. The monoisotopic (exact) mass is 225 g/mol. The number of hydrogen-bond donors (Lipinski definition) is 0. The third-order valence-electron chi connectivity index (χ3n) is 2.53. The summed E-state index contributed by atoms with van der Waals surface area (Å²) in [4.78, 5) is 12.7. The van der Waals surface area contributed by atoms with Gasteiger partial charge in [-0.15, -0.1) is 0 Å². The summed E-state index contributed by atoms with van der Waals surface area (Å²) in [6, 6.07) is 3.26. The molecule has 0 spiro atoms. The van der Waals surface area contributed by atoms with E-state index in [1.165, 1.54) is 17.0 Å². The second kappa shape index (κ2) is 4.88. The van der Waals surface area contributed by atoms with Crippen LogP contribution in [0.1, 0.15) is 18.5 Å². The molecule has 1 amide bonds. The standard InChI is InChI=1S/C12H13F2NO/c1-4-12(16)15(3)8(2)9-5-6-10(13)11(14)7-9/h4-8H,1H2,2-3H3. The maximum absolute atomic E-state index is 13.0. The first-order valence-corrected chi connectivity index (χ1v) is 4.81. The number of halogens is 2. The van der Waals surface area contributed by atoms with E-state index >= 15 is 0 Å². The van der Waals surface area contributed by atoms with Crippen molar-refractivity contribution in [3.8, 4) is 0 Å². The maximum atomic E-state index is 13.0. The molecule has 0 saturated heterocycles. The van der Waals surface area contributed by atoms with Crippen molar-refractivity contribution in [2.24, 2.45) is 0 Å². The average molecular weight is 225 g/mol. The maximum Gasteiger partial charge on any atom is 0.246 e. The number of likely N-dealkylation sites (N-methyl/N-ethyl adjacent to an activating group) is 1. The van der Waals surface area contributed by atoms with Gasteiger partial charge in [0.15, 0.2) is 11.6 Å². The minimum Gasteiger partial charge on any atom is -0.335 e. The average Bonchev–Trinajstić information content (AvgIpc) is 2.29. The van der Waals surface area contributed by atoms with E-state index in [0.29, 0.717) is 5.56 Å². The van der Waals surface area contributed by atoms with E-state index in [9.17, 15) is 13.6 Å². The predicted molar refractivity (Wildman–Crippen MR) is 57.7 cm³/mol. The van der Waals surface area contributed by atoms with Crippen LogP contribution in [0.15, 0.2) is 30.9 Å². The number of carbonyl (C=O) groups excluding carboxylic acids is 1.